The molecule has 0 bridgehead atoms. The minimum Gasteiger partial charge on any atom is -0.395 e. The van der Waals surface area contributed by atoms with Crippen molar-refractivity contribution in [2.24, 2.45) is 39.7 Å². The number of carbonyl (C=O) groups excluding carboxylic acids is 1. The molecule has 0 amide bonds. The predicted molar refractivity (Wildman–Crippen MR) is 121 cm³/mol. The molecule has 3 aliphatic carbocycles. The largest absolute Gasteiger partial charge is 0.395 e. The van der Waals surface area contributed by atoms with Gasteiger partial charge in [0.25, 0.3) is 0 Å². The van der Waals surface area contributed by atoms with Crippen LogP contribution in [0, 0.1) is 34.5 Å². The number of likely N-dealkylation sites (N-methyl/N-ethyl adjacent to an activating group) is 1. The number of ketones is 1. The van der Waals surface area contributed by atoms with E-state index in [9.17, 15) is 9.90 Å². The summed E-state index contributed by atoms with van der Waals surface area (Å²) < 4.78 is 0. The topological polar surface area (TPSA) is 62.1 Å². The number of oxime groups is 1. The van der Waals surface area contributed by atoms with E-state index in [1.165, 1.54) is 6.42 Å². The first-order valence-corrected chi connectivity index (χ1v) is 12.2. The molecule has 1 N–H and O–H groups in total. The highest BCUT2D eigenvalue weighted by Crippen LogP contribution is 2.61. The van der Waals surface area contributed by atoms with E-state index in [2.05, 4.69) is 30.8 Å². The number of nitrogens with zero attached hydrogens (tertiary/aromatic N) is 2. The molecule has 0 saturated heterocycles. The van der Waals surface area contributed by atoms with Gasteiger partial charge in [0.05, 0.1) is 6.10 Å². The molecule has 7 atom stereocenters. The maximum Gasteiger partial charge on any atom is 0.142 e. The summed E-state index contributed by atoms with van der Waals surface area (Å²) in [5.74, 6) is 2.01. The Hall–Kier alpha value is -0.940. The molecule has 3 saturated carbocycles. The van der Waals surface area contributed by atoms with Crippen LogP contribution in [0.25, 0.3) is 0 Å². The number of fused-ring (bicyclic) bond motifs is 3. The molecular formula is C25H44N2O3. The number of Topliss-reactive ketones (excluding diaryl/α,β-unsaturated/α-hetero) is 1. The van der Waals surface area contributed by atoms with Crippen molar-refractivity contribution in [3.63, 3.8) is 0 Å². The van der Waals surface area contributed by atoms with Crippen LogP contribution < -0.4 is 0 Å². The Morgan fingerprint density at radius 3 is 2.73 bits per heavy atom. The van der Waals surface area contributed by atoms with E-state index in [0.29, 0.717) is 24.2 Å². The van der Waals surface area contributed by atoms with Gasteiger partial charge in [-0.05, 0) is 88.6 Å². The summed E-state index contributed by atoms with van der Waals surface area (Å²) >= 11 is 0. The van der Waals surface area contributed by atoms with E-state index >= 15 is 0 Å². The zero-order chi connectivity index (χ0) is 21.9. The number of aliphatic hydroxyl groups is 1. The lowest BCUT2D eigenvalue weighted by atomic mass is 9.45. The molecular weight excluding hydrogens is 376 g/mol. The van der Waals surface area contributed by atoms with Gasteiger partial charge in [-0.3, -0.25) is 4.79 Å². The molecule has 0 aliphatic heterocycles. The highest BCUT2D eigenvalue weighted by molar-refractivity contribution is 5.88. The second-order valence-corrected chi connectivity index (χ2v) is 11.1. The zero-order valence-electron chi connectivity index (χ0n) is 19.9. The Labute approximate surface area is 183 Å². The van der Waals surface area contributed by atoms with Gasteiger partial charge in [0.2, 0.25) is 0 Å². The zero-order valence-corrected chi connectivity index (χ0v) is 19.9. The molecule has 0 spiro atoms. The van der Waals surface area contributed by atoms with Crippen LogP contribution in [0.4, 0.5) is 0 Å². The van der Waals surface area contributed by atoms with Gasteiger partial charge in [0.15, 0.2) is 0 Å². The second-order valence-electron chi connectivity index (χ2n) is 11.1. The van der Waals surface area contributed by atoms with Crippen molar-refractivity contribution in [3.05, 3.63) is 0 Å². The van der Waals surface area contributed by atoms with Gasteiger partial charge in [0, 0.05) is 24.1 Å². The van der Waals surface area contributed by atoms with Crippen LogP contribution in [0.5, 0.6) is 0 Å². The summed E-state index contributed by atoms with van der Waals surface area (Å²) in [5, 5.41) is 14.9. The average Bonchev–Trinajstić information content (AvgIpc) is 2.68. The number of hydrogen-bond donors (Lipinski definition) is 1. The van der Waals surface area contributed by atoms with Crippen molar-refractivity contribution in [1.82, 2.24) is 4.90 Å². The van der Waals surface area contributed by atoms with Gasteiger partial charge in [-0.15, -0.1) is 0 Å². The third-order valence-corrected chi connectivity index (χ3v) is 8.79. The Balaban J connectivity index is 1.65. The van der Waals surface area contributed by atoms with Crippen molar-refractivity contribution in [1.29, 1.82) is 0 Å². The summed E-state index contributed by atoms with van der Waals surface area (Å²) in [6.07, 6.45) is 10.7. The van der Waals surface area contributed by atoms with Gasteiger partial charge in [-0.25, -0.2) is 0 Å². The average molecular weight is 421 g/mol. The maximum absolute atomic E-state index is 13.5. The third kappa shape index (κ3) is 4.77. The molecule has 3 rings (SSSR count). The first-order valence-electron chi connectivity index (χ1n) is 12.2. The molecule has 3 aliphatic rings. The Morgan fingerprint density at radius 1 is 1.27 bits per heavy atom. The fraction of sp³-hybridized carbons (Fsp3) is 0.920. The molecule has 5 heteroatoms. The minimum atomic E-state index is -0.266. The SMILES string of the molecule is CCC[C@@]1(C)CC[C@H]2[C@@H](CCC3C[C@@H](O)C(C/C=N\OCCN(C)C)C[C@@]32C)C1=O. The van der Waals surface area contributed by atoms with Gasteiger partial charge in [0.1, 0.15) is 12.4 Å². The van der Waals surface area contributed by atoms with Crippen LogP contribution >= 0.6 is 0 Å². The van der Waals surface area contributed by atoms with Crippen LogP contribution in [0.3, 0.4) is 0 Å². The Bertz CT molecular complexity index is 622. The smallest absolute Gasteiger partial charge is 0.142 e. The first-order chi connectivity index (χ1) is 14.2. The van der Waals surface area contributed by atoms with E-state index in [1.807, 2.05) is 20.3 Å². The fourth-order valence-electron chi connectivity index (χ4n) is 7.00. The molecule has 0 aromatic heterocycles. The van der Waals surface area contributed by atoms with Crippen LogP contribution in [0.2, 0.25) is 0 Å². The molecule has 0 aromatic rings. The molecule has 30 heavy (non-hydrogen) atoms. The van der Waals surface area contributed by atoms with E-state index in [1.54, 1.807) is 0 Å². The molecule has 2 unspecified atom stereocenters. The molecule has 5 nitrogen and oxygen atoms in total. The molecule has 0 radical (unpaired) electrons. The fourth-order valence-corrected chi connectivity index (χ4v) is 7.00. The number of hydrogen-bond acceptors (Lipinski definition) is 5. The standard InChI is InChI=1S/C25H44N2O3/c1-6-11-24(2)12-9-21-20(23(24)29)8-7-19-16-22(28)18(17-25(19,21)3)10-13-26-30-15-14-27(4)5/h13,18-22,28H,6-12,14-17H2,1-5H3/b26-13-/t18?,19?,20-,21+,22-,24+,25+/m1/s1. The van der Waals surface area contributed by atoms with E-state index in [4.69, 9.17) is 4.84 Å². The van der Waals surface area contributed by atoms with Crippen molar-refractivity contribution in [2.75, 3.05) is 27.2 Å². The van der Waals surface area contributed by atoms with E-state index < -0.39 is 0 Å². The van der Waals surface area contributed by atoms with Gasteiger partial charge < -0.3 is 14.8 Å². The summed E-state index contributed by atoms with van der Waals surface area (Å²) in [4.78, 5) is 20.9. The highest BCUT2D eigenvalue weighted by Gasteiger charge is 2.57. The Morgan fingerprint density at radius 2 is 2.03 bits per heavy atom. The predicted octanol–water partition coefficient (Wildman–Crippen LogP) is 4.53. The number of carbonyl (C=O) groups is 1. The number of rotatable bonds is 8. The van der Waals surface area contributed by atoms with Crippen LogP contribution in [0.15, 0.2) is 5.16 Å². The van der Waals surface area contributed by atoms with Crippen molar-refractivity contribution < 1.29 is 14.7 Å². The van der Waals surface area contributed by atoms with Gasteiger partial charge in [-0.2, -0.15) is 0 Å². The lowest BCUT2D eigenvalue weighted by Gasteiger charge is -2.59. The second kappa shape index (κ2) is 9.68. The molecule has 172 valence electrons. The van der Waals surface area contributed by atoms with E-state index in [-0.39, 0.29) is 28.8 Å². The van der Waals surface area contributed by atoms with Crippen LogP contribution in [-0.4, -0.2) is 55.4 Å². The van der Waals surface area contributed by atoms with Gasteiger partial charge >= 0.3 is 0 Å². The van der Waals surface area contributed by atoms with Gasteiger partial charge in [-0.1, -0.05) is 32.3 Å². The summed E-state index contributed by atoms with van der Waals surface area (Å²) in [5.41, 5.74) is 0.0545. The third-order valence-electron chi connectivity index (χ3n) is 8.79. The normalized spacial score (nSPS) is 41.7. The Kier molecular flexibility index (Phi) is 7.66. The monoisotopic (exact) mass is 420 g/mol. The minimum absolute atomic E-state index is 0.108. The summed E-state index contributed by atoms with van der Waals surface area (Å²) in [6.45, 7) is 8.26. The first kappa shape index (κ1) is 23.7. The van der Waals surface area contributed by atoms with Crippen molar-refractivity contribution in [2.45, 2.75) is 84.7 Å². The van der Waals surface area contributed by atoms with Crippen LogP contribution in [-0.2, 0) is 9.63 Å². The highest BCUT2D eigenvalue weighted by atomic mass is 16.6. The molecule has 0 aromatic carbocycles. The van der Waals surface area contributed by atoms with Crippen LogP contribution in [0.1, 0.15) is 78.6 Å². The van der Waals surface area contributed by atoms with Crippen molar-refractivity contribution in [3.8, 4) is 0 Å². The maximum atomic E-state index is 13.5. The molecule has 3 fully saturated rings. The van der Waals surface area contributed by atoms with Crippen molar-refractivity contribution >= 4 is 12.0 Å². The number of aliphatic hydroxyl groups excluding tert-OH is 1. The summed E-state index contributed by atoms with van der Waals surface area (Å²) in [7, 11) is 4.03. The lowest BCUT2D eigenvalue weighted by molar-refractivity contribution is -0.157. The quantitative estimate of drug-likeness (QED) is 0.356. The lowest BCUT2D eigenvalue weighted by Crippen LogP contribution is -2.56. The summed E-state index contributed by atoms with van der Waals surface area (Å²) in [6, 6.07) is 0. The van der Waals surface area contributed by atoms with E-state index in [0.717, 1.165) is 57.9 Å². The molecule has 0 heterocycles.